The molecule has 136 valence electrons. The van der Waals surface area contributed by atoms with E-state index in [2.05, 4.69) is 121 Å². The van der Waals surface area contributed by atoms with Crippen LogP contribution in [0, 0.1) is 0 Å². The standard InChI is InChI=1S/C26H22P2/c1-3-7-23(8-4-1)27-25-17-13-21(14-18-25)11-12-22-15-19-26(20-16-22)28-24-9-5-2-6-10-24/h1-20,27-28H/b12-11-. The molecule has 0 spiro atoms. The molecule has 0 aliphatic heterocycles. The second kappa shape index (κ2) is 9.61. The first kappa shape index (κ1) is 18.8. The minimum Gasteiger partial charge on any atom is -0.0622 e. The topological polar surface area (TPSA) is 0 Å². The first-order chi connectivity index (χ1) is 13.8. The van der Waals surface area contributed by atoms with Gasteiger partial charge in [0.25, 0.3) is 0 Å². The Morgan fingerprint density at radius 3 is 1.04 bits per heavy atom. The van der Waals surface area contributed by atoms with Gasteiger partial charge >= 0.3 is 0 Å². The van der Waals surface area contributed by atoms with Crippen molar-refractivity contribution in [2.75, 3.05) is 0 Å². The van der Waals surface area contributed by atoms with Crippen molar-refractivity contribution in [1.82, 2.24) is 0 Å². The van der Waals surface area contributed by atoms with Crippen molar-refractivity contribution in [2.24, 2.45) is 0 Å². The van der Waals surface area contributed by atoms with Crippen LogP contribution in [0.5, 0.6) is 0 Å². The van der Waals surface area contributed by atoms with Crippen LogP contribution in [-0.2, 0) is 0 Å². The van der Waals surface area contributed by atoms with Crippen molar-refractivity contribution in [3.8, 4) is 0 Å². The molecule has 0 N–H and O–H groups in total. The highest BCUT2D eigenvalue weighted by atomic mass is 31.1. The zero-order valence-electron chi connectivity index (χ0n) is 15.5. The predicted molar refractivity (Wildman–Crippen MR) is 130 cm³/mol. The summed E-state index contributed by atoms with van der Waals surface area (Å²) in [7, 11) is 1.42. The minimum atomic E-state index is 0.711. The Labute approximate surface area is 170 Å². The van der Waals surface area contributed by atoms with E-state index < -0.39 is 0 Å². The normalized spacial score (nSPS) is 11.9. The minimum absolute atomic E-state index is 0.711. The summed E-state index contributed by atoms with van der Waals surface area (Å²) in [5, 5.41) is 5.49. The van der Waals surface area contributed by atoms with Crippen LogP contribution in [0.2, 0.25) is 0 Å². The van der Waals surface area contributed by atoms with Crippen molar-refractivity contribution < 1.29 is 0 Å². The Morgan fingerprint density at radius 2 is 0.679 bits per heavy atom. The molecule has 0 aliphatic carbocycles. The molecular formula is C26H22P2. The van der Waals surface area contributed by atoms with Crippen molar-refractivity contribution in [1.29, 1.82) is 0 Å². The summed E-state index contributed by atoms with van der Waals surface area (Å²) in [5.74, 6) is 0. The van der Waals surface area contributed by atoms with E-state index >= 15 is 0 Å². The Morgan fingerprint density at radius 1 is 0.357 bits per heavy atom. The molecule has 4 aromatic carbocycles. The molecular weight excluding hydrogens is 374 g/mol. The van der Waals surface area contributed by atoms with Gasteiger partial charge in [0.2, 0.25) is 0 Å². The molecule has 0 aliphatic rings. The lowest BCUT2D eigenvalue weighted by atomic mass is 10.1. The van der Waals surface area contributed by atoms with Gasteiger partial charge in [-0.25, -0.2) is 0 Å². The zero-order valence-corrected chi connectivity index (χ0v) is 17.5. The van der Waals surface area contributed by atoms with Crippen LogP contribution in [0.25, 0.3) is 12.2 Å². The maximum atomic E-state index is 2.23. The van der Waals surface area contributed by atoms with E-state index in [4.69, 9.17) is 0 Å². The largest absolute Gasteiger partial charge is 0.0622 e. The summed E-state index contributed by atoms with van der Waals surface area (Å²) in [6, 6.07) is 39.0. The van der Waals surface area contributed by atoms with Crippen LogP contribution < -0.4 is 21.2 Å². The van der Waals surface area contributed by atoms with E-state index in [1.165, 1.54) is 32.3 Å². The predicted octanol–water partition coefficient (Wildman–Crippen LogP) is 5.12. The van der Waals surface area contributed by atoms with Crippen molar-refractivity contribution in [3.63, 3.8) is 0 Å². The lowest BCUT2D eigenvalue weighted by Gasteiger charge is -2.03. The SMILES string of the molecule is C(=C/c1ccc(Pc2ccccc2)cc1)/c1ccc(Pc2ccccc2)cc1. The van der Waals surface area contributed by atoms with Gasteiger partial charge in [-0.15, -0.1) is 0 Å². The van der Waals surface area contributed by atoms with Crippen LogP contribution >= 0.6 is 17.2 Å². The monoisotopic (exact) mass is 396 g/mol. The van der Waals surface area contributed by atoms with E-state index in [1.807, 2.05) is 0 Å². The van der Waals surface area contributed by atoms with Gasteiger partial charge in [-0.1, -0.05) is 139 Å². The summed E-state index contributed by atoms with van der Waals surface area (Å²) < 4.78 is 0. The van der Waals surface area contributed by atoms with Crippen molar-refractivity contribution in [3.05, 3.63) is 120 Å². The number of hydrogen-bond donors (Lipinski definition) is 0. The molecule has 0 bridgehead atoms. The summed E-state index contributed by atoms with van der Waals surface area (Å²) >= 11 is 0. The number of benzene rings is 4. The number of rotatable bonds is 6. The number of hydrogen-bond acceptors (Lipinski definition) is 0. The van der Waals surface area contributed by atoms with Crippen LogP contribution in [0.4, 0.5) is 0 Å². The van der Waals surface area contributed by atoms with Gasteiger partial charge in [0.1, 0.15) is 0 Å². The first-order valence-corrected chi connectivity index (χ1v) is 11.4. The quantitative estimate of drug-likeness (QED) is 0.314. The highest BCUT2D eigenvalue weighted by Crippen LogP contribution is 2.14. The van der Waals surface area contributed by atoms with Crippen LogP contribution in [0.15, 0.2) is 109 Å². The van der Waals surface area contributed by atoms with Crippen LogP contribution in [0.3, 0.4) is 0 Å². The summed E-state index contributed by atoms with van der Waals surface area (Å²) in [6.45, 7) is 0. The summed E-state index contributed by atoms with van der Waals surface area (Å²) in [4.78, 5) is 0. The van der Waals surface area contributed by atoms with Gasteiger partial charge < -0.3 is 0 Å². The lowest BCUT2D eigenvalue weighted by Crippen LogP contribution is -2.02. The molecule has 0 radical (unpaired) electrons. The highest BCUT2D eigenvalue weighted by Gasteiger charge is 1.97. The van der Waals surface area contributed by atoms with Crippen molar-refractivity contribution >= 4 is 50.5 Å². The smallest absolute Gasteiger partial charge is 0.0226 e. The molecule has 4 aromatic rings. The third-order valence-corrected chi connectivity index (χ3v) is 6.90. The van der Waals surface area contributed by atoms with E-state index in [-0.39, 0.29) is 0 Å². The Balaban J connectivity index is 1.37. The molecule has 0 aromatic heterocycles. The fraction of sp³-hybridized carbons (Fsp3) is 0. The molecule has 0 heterocycles. The third-order valence-electron chi connectivity index (χ3n) is 4.41. The molecule has 4 rings (SSSR count). The van der Waals surface area contributed by atoms with E-state index in [9.17, 15) is 0 Å². The van der Waals surface area contributed by atoms with Gasteiger partial charge in [-0.2, -0.15) is 0 Å². The molecule has 2 unspecified atom stereocenters. The van der Waals surface area contributed by atoms with Crippen molar-refractivity contribution in [2.45, 2.75) is 0 Å². The van der Waals surface area contributed by atoms with Crippen LogP contribution in [0.1, 0.15) is 11.1 Å². The summed E-state index contributed by atoms with van der Waals surface area (Å²) in [5.41, 5.74) is 2.47. The average Bonchev–Trinajstić information content (AvgIpc) is 2.76. The van der Waals surface area contributed by atoms with Gasteiger partial charge in [0.05, 0.1) is 0 Å². The maximum absolute atomic E-state index is 2.23. The molecule has 28 heavy (non-hydrogen) atoms. The van der Waals surface area contributed by atoms with Gasteiger partial charge in [0.15, 0.2) is 0 Å². The molecule has 2 heteroatoms. The van der Waals surface area contributed by atoms with Gasteiger partial charge in [-0.3, -0.25) is 0 Å². The lowest BCUT2D eigenvalue weighted by molar-refractivity contribution is 1.68. The average molecular weight is 396 g/mol. The maximum Gasteiger partial charge on any atom is -0.0226 e. The zero-order chi connectivity index (χ0) is 19.0. The van der Waals surface area contributed by atoms with Gasteiger partial charge in [-0.05, 0) is 32.3 Å². The fourth-order valence-electron chi connectivity index (χ4n) is 2.92. The second-order valence-electron chi connectivity index (χ2n) is 6.56. The van der Waals surface area contributed by atoms with Crippen LogP contribution in [-0.4, -0.2) is 0 Å². The Bertz CT molecular complexity index is 932. The molecule has 2 atom stereocenters. The fourth-order valence-corrected chi connectivity index (χ4v) is 4.98. The van der Waals surface area contributed by atoms with E-state index in [0.717, 1.165) is 0 Å². The molecule has 0 nitrogen and oxygen atoms in total. The third kappa shape index (κ3) is 5.49. The molecule has 0 amide bonds. The first-order valence-electron chi connectivity index (χ1n) is 9.37. The molecule has 0 saturated carbocycles. The van der Waals surface area contributed by atoms with E-state index in [1.54, 1.807) is 0 Å². The molecule has 0 fully saturated rings. The van der Waals surface area contributed by atoms with E-state index in [0.29, 0.717) is 17.2 Å². The Hall–Kier alpha value is -2.52. The molecule has 0 saturated heterocycles. The van der Waals surface area contributed by atoms with Gasteiger partial charge in [0, 0.05) is 0 Å². The highest BCUT2D eigenvalue weighted by molar-refractivity contribution is 7.55. The Kier molecular flexibility index (Phi) is 6.46. The second-order valence-corrected chi connectivity index (χ2v) is 9.37. The summed E-state index contributed by atoms with van der Waals surface area (Å²) in [6.07, 6.45) is 4.37.